The Bertz CT molecular complexity index is 1900. The molecule has 0 aliphatic carbocycles. The molecule has 5 aliphatic rings. The van der Waals surface area contributed by atoms with Crippen LogP contribution >= 0.6 is 0 Å². The van der Waals surface area contributed by atoms with Gasteiger partial charge in [-0.2, -0.15) is 0 Å². The van der Waals surface area contributed by atoms with E-state index < -0.39 is 12.8 Å². The molecule has 4 saturated heterocycles. The summed E-state index contributed by atoms with van der Waals surface area (Å²) in [4.78, 5) is 0. The number of para-hydroxylation sites is 4. The smallest absolute Gasteiger partial charge is 0.386 e. The van der Waals surface area contributed by atoms with Crippen LogP contribution in [0.25, 0.3) is 22.7 Å². The third-order valence-electron chi connectivity index (χ3n) is 14.8. The molecule has 9 heterocycles. The summed E-state index contributed by atoms with van der Waals surface area (Å²) in [6.07, 6.45) is 42.2. The van der Waals surface area contributed by atoms with E-state index in [4.69, 9.17) is 0 Å². The molecule has 0 atom stereocenters. The lowest BCUT2D eigenvalue weighted by Gasteiger charge is -2.52. The van der Waals surface area contributed by atoms with E-state index >= 15 is 0 Å². The van der Waals surface area contributed by atoms with Gasteiger partial charge in [-0.05, 0) is 24.3 Å². The fourth-order valence-electron chi connectivity index (χ4n) is 13.0. The van der Waals surface area contributed by atoms with Crippen molar-refractivity contribution in [3.63, 3.8) is 0 Å². The van der Waals surface area contributed by atoms with Crippen LogP contribution < -0.4 is 17.9 Å². The maximum absolute atomic E-state index is 2.66. The summed E-state index contributed by atoms with van der Waals surface area (Å²) in [5, 5.41) is 0. The van der Waals surface area contributed by atoms with Gasteiger partial charge in [0.15, 0.2) is 22.7 Å². The molecule has 11 rings (SSSR count). The van der Waals surface area contributed by atoms with Gasteiger partial charge >= 0.3 is 12.8 Å². The normalized spacial score (nSPS) is 29.6. The van der Waals surface area contributed by atoms with E-state index in [1.807, 2.05) is 0 Å². The second kappa shape index (κ2) is 11.0. The molecule has 12 bridgehead atoms. The standard InChI is InChI=1S/C40H48B2N8/c1-2-18-38-37(17-1)43-21-25-47(29-43)41(33-9-5-10-34(41)12-6-11-33)49-27-23-45(31-49)39-19-3-4-20-40(39)46-24-28-50(32-46)42(48-26-22-44(38)30-48)35-13-7-14-36(42)16-8-15-35/h1-4,17-36H,5-16H2/q+2. The molecule has 10 heteroatoms. The van der Waals surface area contributed by atoms with Gasteiger partial charge in [-0.1, -0.05) is 125 Å². The van der Waals surface area contributed by atoms with Crippen LogP contribution in [0, 0.1) is 0 Å². The van der Waals surface area contributed by atoms with Crippen molar-refractivity contribution in [3.8, 4) is 22.7 Å². The Morgan fingerprint density at radius 3 is 0.860 bits per heavy atom. The van der Waals surface area contributed by atoms with Gasteiger partial charge in [-0.3, -0.25) is 0 Å². The number of imidazole rings is 4. The quantitative estimate of drug-likeness (QED) is 0.174. The zero-order valence-corrected chi connectivity index (χ0v) is 29.1. The van der Waals surface area contributed by atoms with Crippen LogP contribution in [0.2, 0.25) is 23.3 Å². The number of aromatic nitrogens is 8. The summed E-state index contributed by atoms with van der Waals surface area (Å²) in [5.74, 6) is 2.61. The molecular formula is C40H48B2N8+2. The number of rotatable bonds is 0. The third-order valence-corrected chi connectivity index (χ3v) is 14.8. The maximum Gasteiger partial charge on any atom is 0.386 e. The zero-order valence-electron chi connectivity index (χ0n) is 29.1. The van der Waals surface area contributed by atoms with Crippen molar-refractivity contribution in [1.82, 2.24) is 18.3 Å². The van der Waals surface area contributed by atoms with Crippen molar-refractivity contribution in [3.05, 3.63) is 123 Å². The molecule has 6 aromatic rings. The van der Waals surface area contributed by atoms with Crippen LogP contribution in [0.5, 0.6) is 0 Å². The van der Waals surface area contributed by atoms with Gasteiger partial charge in [-0.25, -0.2) is 18.3 Å². The number of nitrogens with zero attached hydrogens (tertiary/aromatic N) is 8. The van der Waals surface area contributed by atoms with Gasteiger partial charge in [0.1, 0.15) is 24.8 Å². The molecular weight excluding hydrogens is 614 g/mol. The van der Waals surface area contributed by atoms with E-state index in [0.717, 1.165) is 0 Å². The Kier molecular flexibility index (Phi) is 6.39. The van der Waals surface area contributed by atoms with Crippen LogP contribution in [0.4, 0.5) is 0 Å². The summed E-state index contributed by atoms with van der Waals surface area (Å²) in [6, 6.07) is 18.0. The highest BCUT2D eigenvalue weighted by molar-refractivity contribution is 6.67. The van der Waals surface area contributed by atoms with Crippen LogP contribution in [-0.2, 0) is 0 Å². The molecule has 252 valence electrons. The van der Waals surface area contributed by atoms with Crippen molar-refractivity contribution in [2.24, 2.45) is 0 Å². The molecule has 0 saturated carbocycles. The fourth-order valence-corrected chi connectivity index (χ4v) is 13.0. The molecule has 0 unspecified atom stereocenters. The molecule has 4 aromatic heterocycles. The monoisotopic (exact) mass is 662 g/mol. The van der Waals surface area contributed by atoms with Crippen LogP contribution in [0.3, 0.4) is 0 Å². The van der Waals surface area contributed by atoms with Crippen LogP contribution in [-0.4, -0.2) is 31.1 Å². The van der Waals surface area contributed by atoms with E-state index in [0.29, 0.717) is 23.3 Å². The van der Waals surface area contributed by atoms with E-state index in [1.54, 1.807) is 0 Å². The Hall–Kier alpha value is -4.59. The highest BCUT2D eigenvalue weighted by atomic mass is 15.2. The second-order valence-electron chi connectivity index (χ2n) is 16.6. The summed E-state index contributed by atoms with van der Waals surface area (Å²) in [5.41, 5.74) is 4.90. The number of hydrogen-bond acceptors (Lipinski definition) is 0. The van der Waals surface area contributed by atoms with Gasteiger partial charge in [0.05, 0.1) is 24.8 Å². The van der Waals surface area contributed by atoms with Gasteiger partial charge in [0, 0.05) is 0 Å². The lowest BCUT2D eigenvalue weighted by molar-refractivity contribution is -0.695. The molecule has 0 N–H and O–H groups in total. The Morgan fingerprint density at radius 2 is 0.620 bits per heavy atom. The Balaban J connectivity index is 1.19. The number of benzene rings is 2. The highest BCUT2D eigenvalue weighted by Gasteiger charge is 2.58. The topological polar surface area (TPSA) is 35.2 Å². The first-order valence-electron chi connectivity index (χ1n) is 19.6. The lowest BCUT2D eigenvalue weighted by Crippen LogP contribution is -2.86. The molecule has 4 fully saturated rings. The first-order valence-corrected chi connectivity index (χ1v) is 19.6. The predicted octanol–water partition coefficient (Wildman–Crippen LogP) is 6.21. The predicted molar refractivity (Wildman–Crippen MR) is 194 cm³/mol. The number of fused-ring (bicyclic) bond motifs is 14. The van der Waals surface area contributed by atoms with E-state index in [2.05, 4.69) is 160 Å². The number of hydrogen-bond donors (Lipinski definition) is 0. The van der Waals surface area contributed by atoms with E-state index in [-0.39, 0.29) is 0 Å². The molecule has 0 amide bonds. The summed E-state index contributed by atoms with van der Waals surface area (Å²) in [7, 11) is 0. The molecule has 0 radical (unpaired) electrons. The summed E-state index contributed by atoms with van der Waals surface area (Å²) >= 11 is 0. The third kappa shape index (κ3) is 3.90. The summed E-state index contributed by atoms with van der Waals surface area (Å²) < 4.78 is 20.2. The van der Waals surface area contributed by atoms with E-state index in [9.17, 15) is 0 Å². The van der Waals surface area contributed by atoms with Crippen LogP contribution in [0.1, 0.15) is 77.0 Å². The minimum absolute atomic E-state index is 0.653. The van der Waals surface area contributed by atoms with Crippen molar-refractivity contribution >= 4 is 12.8 Å². The van der Waals surface area contributed by atoms with Gasteiger partial charge in [0.2, 0.25) is 25.3 Å². The van der Waals surface area contributed by atoms with Gasteiger partial charge < -0.3 is 17.9 Å². The first kappa shape index (κ1) is 29.2. The zero-order chi connectivity index (χ0) is 32.9. The molecule has 5 aliphatic heterocycles. The van der Waals surface area contributed by atoms with Crippen molar-refractivity contribution in [1.29, 1.82) is 0 Å². The fraction of sp³-hybridized carbons (Fsp3) is 0.400. The molecule has 8 nitrogen and oxygen atoms in total. The van der Waals surface area contributed by atoms with Crippen molar-refractivity contribution in [2.45, 2.75) is 100 Å². The average molecular weight is 663 g/mol. The van der Waals surface area contributed by atoms with Crippen LogP contribution in [0.15, 0.2) is 123 Å². The minimum atomic E-state index is -1.08. The average Bonchev–Trinajstić information content (AvgIpc) is 3.98. The lowest BCUT2D eigenvalue weighted by atomic mass is 9.24. The maximum atomic E-state index is 2.66. The van der Waals surface area contributed by atoms with Crippen molar-refractivity contribution in [2.75, 3.05) is 0 Å². The second-order valence-corrected chi connectivity index (χ2v) is 16.6. The van der Waals surface area contributed by atoms with Gasteiger partial charge in [0.25, 0.3) is 0 Å². The Morgan fingerprint density at radius 1 is 0.380 bits per heavy atom. The van der Waals surface area contributed by atoms with Gasteiger partial charge in [-0.15, -0.1) is 0 Å². The molecule has 50 heavy (non-hydrogen) atoms. The van der Waals surface area contributed by atoms with E-state index in [1.165, 1.54) is 99.8 Å². The molecule has 2 aromatic carbocycles. The molecule has 2 spiro atoms. The summed E-state index contributed by atoms with van der Waals surface area (Å²) in [6.45, 7) is 0. The minimum Gasteiger partial charge on any atom is -0.393 e. The largest absolute Gasteiger partial charge is 0.393 e. The van der Waals surface area contributed by atoms with Crippen molar-refractivity contribution < 1.29 is 17.9 Å². The highest BCUT2D eigenvalue weighted by Crippen LogP contribution is 2.51. The first-order chi connectivity index (χ1) is 24.7. The SMILES string of the molecule is c1ccc2c(c1)-n1cc[n+](c1)[B-]1(C3CCCC1CCC3)[n+]1ccn(c1)-c1ccccc1-n1cc[n+](c1)[B-]1(C3CCCC1CCC3)[n+]1ccn-2c1. The Labute approximate surface area is 294 Å².